The van der Waals surface area contributed by atoms with Crippen LogP contribution in [0.15, 0.2) is 12.2 Å². The number of aliphatic carboxylic acids is 1. The number of carboxylic acids is 1. The van der Waals surface area contributed by atoms with Crippen LogP contribution in [-0.4, -0.2) is 69.5 Å². The van der Waals surface area contributed by atoms with Crippen molar-refractivity contribution in [3.05, 3.63) is 12.2 Å². The number of aliphatic hydroxyl groups excluding tert-OH is 1. The van der Waals surface area contributed by atoms with E-state index in [2.05, 4.69) is 6.58 Å². The summed E-state index contributed by atoms with van der Waals surface area (Å²) in [6, 6.07) is 0. The molecule has 3 N–H and O–H groups in total. The zero-order valence-electron chi connectivity index (χ0n) is 19.3. The Hall–Kier alpha value is -1.48. The van der Waals surface area contributed by atoms with Gasteiger partial charge in [0, 0.05) is 19.6 Å². The molecule has 0 spiro atoms. The zero-order valence-corrected chi connectivity index (χ0v) is 19.3. The number of fused-ring (bicyclic) bond motifs is 2. The molecule has 178 valence electrons. The minimum absolute atomic E-state index is 0.00172. The van der Waals surface area contributed by atoms with Crippen molar-refractivity contribution in [3.63, 3.8) is 0 Å². The Morgan fingerprint density at radius 2 is 1.74 bits per heavy atom. The van der Waals surface area contributed by atoms with E-state index in [0.717, 1.165) is 0 Å². The van der Waals surface area contributed by atoms with E-state index in [1.807, 2.05) is 6.92 Å². The summed E-state index contributed by atoms with van der Waals surface area (Å²) in [7, 11) is 1.50. The SMILES string of the molecule is C=C(C(=O)O)[C@@H]1CC[C@@](C)(O)[C@@H]2CC[C@](C)(O2)[C@@H](OC(C)=O)CC[C@](C)(OC)[C@H](O)C1. The summed E-state index contributed by atoms with van der Waals surface area (Å²) in [6.45, 7) is 10.4. The highest BCUT2D eigenvalue weighted by molar-refractivity contribution is 5.86. The van der Waals surface area contributed by atoms with E-state index in [9.17, 15) is 24.9 Å². The normalized spacial score (nSPS) is 42.0. The van der Waals surface area contributed by atoms with Gasteiger partial charge >= 0.3 is 11.9 Å². The van der Waals surface area contributed by atoms with Crippen LogP contribution in [0.2, 0.25) is 0 Å². The molecule has 2 saturated heterocycles. The van der Waals surface area contributed by atoms with Gasteiger partial charge in [-0.15, -0.1) is 0 Å². The van der Waals surface area contributed by atoms with Crippen molar-refractivity contribution in [2.45, 2.75) is 108 Å². The first-order chi connectivity index (χ1) is 14.2. The highest BCUT2D eigenvalue weighted by atomic mass is 16.6. The molecule has 0 aromatic rings. The number of hydrogen-bond donors (Lipinski definition) is 3. The predicted octanol–water partition coefficient (Wildman–Crippen LogP) is 2.59. The first kappa shape index (κ1) is 25.8. The summed E-state index contributed by atoms with van der Waals surface area (Å²) >= 11 is 0. The molecule has 31 heavy (non-hydrogen) atoms. The van der Waals surface area contributed by atoms with Crippen LogP contribution in [0.25, 0.3) is 0 Å². The van der Waals surface area contributed by atoms with Crippen LogP contribution >= 0.6 is 0 Å². The molecule has 0 aliphatic carbocycles. The van der Waals surface area contributed by atoms with Gasteiger partial charge in [0.05, 0.1) is 23.4 Å². The Labute approximate surface area is 184 Å². The third-order valence-corrected chi connectivity index (χ3v) is 7.35. The predicted molar refractivity (Wildman–Crippen MR) is 113 cm³/mol. The molecule has 8 nitrogen and oxygen atoms in total. The van der Waals surface area contributed by atoms with Crippen LogP contribution in [0.4, 0.5) is 0 Å². The summed E-state index contributed by atoms with van der Waals surface area (Å²) < 4.78 is 17.6. The quantitative estimate of drug-likeness (QED) is 0.449. The van der Waals surface area contributed by atoms with Gasteiger partial charge in [0.2, 0.25) is 0 Å². The molecule has 2 aliphatic rings. The third kappa shape index (κ3) is 5.86. The second-order valence-corrected chi connectivity index (χ2v) is 9.79. The topological polar surface area (TPSA) is 123 Å². The number of carbonyl (C=O) groups excluding carboxylic acids is 1. The summed E-state index contributed by atoms with van der Waals surface area (Å²) in [5.41, 5.74) is -2.98. The lowest BCUT2D eigenvalue weighted by Gasteiger charge is -2.39. The van der Waals surface area contributed by atoms with Crippen molar-refractivity contribution in [1.29, 1.82) is 0 Å². The molecule has 7 atom stereocenters. The first-order valence-corrected chi connectivity index (χ1v) is 11.0. The molecule has 0 saturated carbocycles. The van der Waals surface area contributed by atoms with Crippen LogP contribution in [-0.2, 0) is 23.8 Å². The second-order valence-electron chi connectivity index (χ2n) is 9.79. The monoisotopic (exact) mass is 442 g/mol. The molecular formula is C23H38O8. The van der Waals surface area contributed by atoms with Gasteiger partial charge in [-0.1, -0.05) is 6.58 Å². The maximum absolute atomic E-state index is 11.8. The Morgan fingerprint density at radius 3 is 2.29 bits per heavy atom. The Bertz CT molecular complexity index is 689. The summed E-state index contributed by atoms with van der Waals surface area (Å²) in [5.74, 6) is -2.09. The molecule has 2 aliphatic heterocycles. The number of rotatable bonds is 4. The average molecular weight is 443 g/mol. The number of carbonyl (C=O) groups is 2. The van der Waals surface area contributed by atoms with Crippen molar-refractivity contribution < 1.29 is 39.1 Å². The Morgan fingerprint density at radius 1 is 1.10 bits per heavy atom. The standard InChI is InChI=1S/C23H38O8/c1-14(20(26)27)16-7-10-21(3,28)18-8-12-23(5,31-18)19(30-15(2)24)9-11-22(4,29-6)17(25)13-16/h16-19,25,28H,1,7-13H2,2-6H3,(H,26,27)/t16-,17-,18+,19+,21-,22+,23+/m1/s1. The lowest BCUT2D eigenvalue weighted by Crippen LogP contribution is -2.48. The number of esters is 1. The maximum Gasteiger partial charge on any atom is 0.331 e. The van der Waals surface area contributed by atoms with Crippen molar-refractivity contribution >= 4 is 11.9 Å². The third-order valence-electron chi connectivity index (χ3n) is 7.35. The van der Waals surface area contributed by atoms with Crippen LogP contribution in [0.3, 0.4) is 0 Å². The van der Waals surface area contributed by atoms with Gasteiger partial charge in [0.1, 0.15) is 11.7 Å². The lowest BCUT2D eigenvalue weighted by molar-refractivity contribution is -0.186. The molecule has 0 amide bonds. The molecule has 8 heteroatoms. The highest BCUT2D eigenvalue weighted by Crippen LogP contribution is 2.43. The van der Waals surface area contributed by atoms with Gasteiger partial charge in [0.15, 0.2) is 0 Å². The zero-order chi connectivity index (χ0) is 23.6. The Balaban J connectivity index is 2.43. The van der Waals surface area contributed by atoms with Crippen molar-refractivity contribution in [3.8, 4) is 0 Å². The number of carboxylic acid groups (broad SMARTS) is 1. The first-order valence-electron chi connectivity index (χ1n) is 11.0. The molecule has 0 unspecified atom stereocenters. The molecule has 2 heterocycles. The highest BCUT2D eigenvalue weighted by Gasteiger charge is 2.50. The van der Waals surface area contributed by atoms with Crippen molar-refractivity contribution in [2.75, 3.05) is 7.11 Å². The molecular weight excluding hydrogens is 404 g/mol. The number of hydrogen-bond acceptors (Lipinski definition) is 7. The number of methoxy groups -OCH3 is 1. The van der Waals surface area contributed by atoms with Crippen molar-refractivity contribution in [1.82, 2.24) is 0 Å². The fourth-order valence-corrected chi connectivity index (χ4v) is 4.80. The molecule has 2 bridgehead atoms. The fraction of sp³-hybridized carbons (Fsp3) is 0.826. The number of aliphatic hydroxyl groups is 2. The number of ether oxygens (including phenoxy) is 3. The fourth-order valence-electron chi connectivity index (χ4n) is 4.80. The molecule has 0 radical (unpaired) electrons. The van der Waals surface area contributed by atoms with E-state index in [0.29, 0.717) is 32.1 Å². The van der Waals surface area contributed by atoms with Gasteiger partial charge < -0.3 is 29.5 Å². The van der Waals surface area contributed by atoms with Gasteiger partial charge in [-0.05, 0) is 71.6 Å². The Kier molecular flexibility index (Phi) is 7.95. The second kappa shape index (κ2) is 9.57. The van der Waals surface area contributed by atoms with E-state index >= 15 is 0 Å². The van der Waals surface area contributed by atoms with Gasteiger partial charge in [-0.2, -0.15) is 0 Å². The van der Waals surface area contributed by atoms with E-state index in [1.54, 1.807) is 13.8 Å². The van der Waals surface area contributed by atoms with Crippen LogP contribution in [0.5, 0.6) is 0 Å². The van der Waals surface area contributed by atoms with Gasteiger partial charge in [0.25, 0.3) is 0 Å². The smallest absolute Gasteiger partial charge is 0.331 e. The van der Waals surface area contributed by atoms with E-state index < -0.39 is 53.0 Å². The largest absolute Gasteiger partial charge is 0.478 e. The minimum atomic E-state index is -1.21. The summed E-state index contributed by atoms with van der Waals surface area (Å²) in [6.07, 6.45) is 0.663. The van der Waals surface area contributed by atoms with E-state index in [4.69, 9.17) is 14.2 Å². The molecule has 2 fully saturated rings. The van der Waals surface area contributed by atoms with Crippen LogP contribution in [0.1, 0.15) is 72.6 Å². The van der Waals surface area contributed by atoms with Crippen LogP contribution < -0.4 is 0 Å². The van der Waals surface area contributed by atoms with Gasteiger partial charge in [-0.3, -0.25) is 4.79 Å². The summed E-state index contributed by atoms with van der Waals surface area (Å²) in [5, 5.41) is 31.7. The summed E-state index contributed by atoms with van der Waals surface area (Å²) in [4.78, 5) is 23.4. The van der Waals surface area contributed by atoms with Gasteiger partial charge in [-0.25, -0.2) is 4.79 Å². The molecule has 2 rings (SSSR count). The van der Waals surface area contributed by atoms with E-state index in [1.165, 1.54) is 14.0 Å². The van der Waals surface area contributed by atoms with E-state index in [-0.39, 0.29) is 18.4 Å². The lowest BCUT2D eigenvalue weighted by atomic mass is 9.78. The minimum Gasteiger partial charge on any atom is -0.478 e. The molecule has 0 aromatic heterocycles. The van der Waals surface area contributed by atoms with Crippen molar-refractivity contribution in [2.24, 2.45) is 5.92 Å². The average Bonchev–Trinajstić information content (AvgIpc) is 3.10. The van der Waals surface area contributed by atoms with Crippen LogP contribution in [0, 0.1) is 5.92 Å². The molecule has 0 aromatic carbocycles. The maximum atomic E-state index is 11.8.